The summed E-state index contributed by atoms with van der Waals surface area (Å²) in [7, 11) is 1.71. The van der Waals surface area contributed by atoms with Crippen molar-refractivity contribution in [2.75, 3.05) is 33.0 Å². The molecule has 4 rings (SSSR count). The zero-order valence-corrected chi connectivity index (χ0v) is 23.7. The lowest BCUT2D eigenvalue weighted by atomic mass is 9.85. The maximum Gasteiger partial charge on any atom is 0.241 e. The highest BCUT2D eigenvalue weighted by Crippen LogP contribution is 2.34. The predicted octanol–water partition coefficient (Wildman–Crippen LogP) is 5.12. The van der Waals surface area contributed by atoms with E-state index in [9.17, 15) is 9.59 Å². The van der Waals surface area contributed by atoms with Crippen molar-refractivity contribution < 1.29 is 14.3 Å². The molecule has 0 radical (unpaired) electrons. The molecule has 0 unspecified atom stereocenters. The van der Waals surface area contributed by atoms with E-state index in [2.05, 4.69) is 65.4 Å². The van der Waals surface area contributed by atoms with Crippen LogP contribution in [0.2, 0.25) is 0 Å². The van der Waals surface area contributed by atoms with E-state index in [4.69, 9.17) is 4.74 Å². The van der Waals surface area contributed by atoms with Gasteiger partial charge in [-0.15, -0.1) is 24.2 Å². The number of piperidine rings is 1. The van der Waals surface area contributed by atoms with Crippen molar-refractivity contribution in [1.82, 2.24) is 15.5 Å². The molecule has 38 heavy (non-hydrogen) atoms. The smallest absolute Gasteiger partial charge is 0.241 e. The van der Waals surface area contributed by atoms with E-state index < -0.39 is 0 Å². The lowest BCUT2D eigenvalue weighted by molar-refractivity contribution is -0.133. The monoisotopic (exact) mass is 553 g/mol. The van der Waals surface area contributed by atoms with E-state index in [1.54, 1.807) is 18.9 Å². The first kappa shape index (κ1) is 29.6. The number of carbonyl (C=O) groups is 2. The van der Waals surface area contributed by atoms with Gasteiger partial charge in [0, 0.05) is 49.0 Å². The number of likely N-dealkylation sites (tertiary alicyclic amines) is 1. The minimum absolute atomic E-state index is 0. The van der Waals surface area contributed by atoms with Gasteiger partial charge in [0.05, 0.1) is 13.7 Å². The van der Waals surface area contributed by atoms with Gasteiger partial charge in [0.2, 0.25) is 11.8 Å². The largest absolute Gasteiger partial charge is 0.496 e. The van der Waals surface area contributed by atoms with E-state index in [1.807, 2.05) is 29.2 Å². The molecule has 6 nitrogen and oxygen atoms in total. The molecule has 1 aliphatic rings. The van der Waals surface area contributed by atoms with Crippen LogP contribution in [0.4, 0.5) is 0 Å². The van der Waals surface area contributed by atoms with Gasteiger partial charge < -0.3 is 20.3 Å². The molecule has 1 saturated heterocycles. The van der Waals surface area contributed by atoms with Crippen molar-refractivity contribution in [2.45, 2.75) is 36.7 Å². The molecular formula is C30H36ClN3O3S. The molecule has 202 valence electrons. The first-order chi connectivity index (χ1) is 18.0. The van der Waals surface area contributed by atoms with Gasteiger partial charge in [-0.3, -0.25) is 9.59 Å². The van der Waals surface area contributed by atoms with Gasteiger partial charge >= 0.3 is 0 Å². The molecule has 0 aliphatic carbocycles. The van der Waals surface area contributed by atoms with Gasteiger partial charge in [-0.2, -0.15) is 0 Å². The number of amides is 2. The Hall–Kier alpha value is -3.00. The number of nitrogens with one attached hydrogen (secondary N) is 2. The third kappa shape index (κ3) is 7.31. The van der Waals surface area contributed by atoms with Gasteiger partial charge in [-0.25, -0.2) is 0 Å². The maximum absolute atomic E-state index is 12.7. The van der Waals surface area contributed by atoms with Crippen LogP contribution < -0.4 is 15.4 Å². The van der Waals surface area contributed by atoms with Crippen LogP contribution in [0, 0.1) is 0 Å². The third-order valence-electron chi connectivity index (χ3n) is 6.93. The first-order valence-corrected chi connectivity index (χ1v) is 13.8. The summed E-state index contributed by atoms with van der Waals surface area (Å²) in [5.41, 5.74) is 4.69. The van der Waals surface area contributed by atoms with E-state index in [-0.39, 0.29) is 42.7 Å². The Bertz CT molecular complexity index is 1220. The quantitative estimate of drug-likeness (QED) is 0.360. The number of halogens is 1. The summed E-state index contributed by atoms with van der Waals surface area (Å²) in [5.74, 6) is 0.761. The fourth-order valence-electron chi connectivity index (χ4n) is 4.98. The lowest BCUT2D eigenvalue weighted by Crippen LogP contribution is -2.51. The number of hydrogen-bond donors (Lipinski definition) is 2. The van der Waals surface area contributed by atoms with Crippen LogP contribution in [-0.4, -0.2) is 55.8 Å². The van der Waals surface area contributed by atoms with E-state index in [1.165, 1.54) is 28.5 Å². The van der Waals surface area contributed by atoms with Crippen molar-refractivity contribution >= 4 is 36.0 Å². The van der Waals surface area contributed by atoms with Crippen molar-refractivity contribution in [2.24, 2.45) is 0 Å². The molecule has 2 N–H and O–H groups in total. The van der Waals surface area contributed by atoms with Crippen LogP contribution in [0.1, 0.15) is 30.4 Å². The van der Waals surface area contributed by atoms with Crippen molar-refractivity contribution in [1.29, 1.82) is 0 Å². The molecular weight excluding hydrogens is 518 g/mol. The lowest BCUT2D eigenvalue weighted by Gasteiger charge is -2.39. The highest BCUT2D eigenvalue weighted by molar-refractivity contribution is 7.98. The SMILES string of the molecule is COc1ccc(-c2ccccc2SC)cc1CN[C@H]1CCN(C(=O)CNC(C)=O)C[C@H]1c1ccccc1.Cl. The summed E-state index contributed by atoms with van der Waals surface area (Å²) in [6.45, 7) is 3.39. The Morgan fingerprint density at radius 2 is 1.79 bits per heavy atom. The number of hydrogen-bond acceptors (Lipinski definition) is 5. The van der Waals surface area contributed by atoms with Crippen LogP contribution in [0.3, 0.4) is 0 Å². The van der Waals surface area contributed by atoms with Crippen LogP contribution >= 0.6 is 24.2 Å². The molecule has 1 aliphatic heterocycles. The normalized spacial score (nSPS) is 16.9. The Labute approximate surface area is 235 Å². The van der Waals surface area contributed by atoms with E-state index >= 15 is 0 Å². The van der Waals surface area contributed by atoms with Crippen molar-refractivity contribution in [3.8, 4) is 16.9 Å². The summed E-state index contributed by atoms with van der Waals surface area (Å²) in [5, 5.41) is 6.42. The number of methoxy groups -OCH3 is 1. The molecule has 0 spiro atoms. The molecule has 2 atom stereocenters. The second-order valence-electron chi connectivity index (χ2n) is 9.27. The van der Waals surface area contributed by atoms with Gasteiger partial charge in [0.15, 0.2) is 0 Å². The van der Waals surface area contributed by atoms with E-state index in [0.717, 1.165) is 17.7 Å². The third-order valence-corrected chi connectivity index (χ3v) is 7.73. The number of carbonyl (C=O) groups excluding carboxylic acids is 2. The standard InChI is InChI=1S/C30H35N3O3S.ClH/c1-21(34)31-19-30(35)33-16-15-27(26(20-33)22-9-5-4-6-10-22)32-18-24-17-23(13-14-28(24)36-2)25-11-7-8-12-29(25)37-3;/h4-14,17,26-27,32H,15-16,18-20H2,1-3H3,(H,31,34);1H/t26-,27-;/m0./s1. The van der Waals surface area contributed by atoms with E-state index in [0.29, 0.717) is 19.6 Å². The van der Waals surface area contributed by atoms with Crippen LogP contribution in [-0.2, 0) is 16.1 Å². The summed E-state index contributed by atoms with van der Waals surface area (Å²) < 4.78 is 5.71. The minimum atomic E-state index is -0.194. The predicted molar refractivity (Wildman–Crippen MR) is 157 cm³/mol. The summed E-state index contributed by atoms with van der Waals surface area (Å²) >= 11 is 1.75. The average Bonchev–Trinajstić information content (AvgIpc) is 2.95. The molecule has 1 heterocycles. The highest BCUT2D eigenvalue weighted by Gasteiger charge is 2.32. The first-order valence-electron chi connectivity index (χ1n) is 12.6. The zero-order chi connectivity index (χ0) is 26.2. The number of rotatable bonds is 9. The van der Waals surface area contributed by atoms with Gasteiger partial charge in [-0.1, -0.05) is 54.6 Å². The van der Waals surface area contributed by atoms with Gasteiger partial charge in [-0.05, 0) is 47.6 Å². The average molecular weight is 554 g/mol. The number of thioether (sulfide) groups is 1. The Balaban J connectivity index is 0.00000400. The molecule has 1 fully saturated rings. The topological polar surface area (TPSA) is 70.7 Å². The molecule has 3 aromatic carbocycles. The zero-order valence-electron chi connectivity index (χ0n) is 22.1. The summed E-state index contributed by atoms with van der Waals surface area (Å²) in [4.78, 5) is 27.1. The number of nitrogens with zero attached hydrogens (tertiary/aromatic N) is 1. The summed E-state index contributed by atoms with van der Waals surface area (Å²) in [6.07, 6.45) is 2.92. The minimum Gasteiger partial charge on any atom is -0.496 e. The summed E-state index contributed by atoms with van der Waals surface area (Å²) in [6, 6.07) is 25.4. The second-order valence-corrected chi connectivity index (χ2v) is 10.1. The molecule has 0 aromatic heterocycles. The van der Waals surface area contributed by atoms with Gasteiger partial charge in [0.1, 0.15) is 5.75 Å². The fourth-order valence-corrected chi connectivity index (χ4v) is 5.60. The Morgan fingerprint density at radius 3 is 2.50 bits per heavy atom. The van der Waals surface area contributed by atoms with Crippen LogP contribution in [0.15, 0.2) is 77.7 Å². The van der Waals surface area contributed by atoms with Crippen LogP contribution in [0.25, 0.3) is 11.1 Å². The van der Waals surface area contributed by atoms with Gasteiger partial charge in [0.25, 0.3) is 0 Å². The maximum atomic E-state index is 12.7. The molecule has 0 saturated carbocycles. The Morgan fingerprint density at radius 1 is 1.05 bits per heavy atom. The molecule has 0 bridgehead atoms. The van der Waals surface area contributed by atoms with Crippen molar-refractivity contribution in [3.05, 3.63) is 83.9 Å². The molecule has 2 amide bonds. The number of benzene rings is 3. The Kier molecular flexibility index (Phi) is 11.1. The fraction of sp³-hybridized carbons (Fsp3) is 0.333. The molecule has 3 aromatic rings. The second kappa shape index (κ2) is 14.2. The van der Waals surface area contributed by atoms with Crippen molar-refractivity contribution in [3.63, 3.8) is 0 Å². The molecule has 8 heteroatoms. The number of ether oxygens (including phenoxy) is 1. The van der Waals surface area contributed by atoms with Crippen LogP contribution in [0.5, 0.6) is 5.75 Å². The highest BCUT2D eigenvalue weighted by atomic mass is 35.5.